The second kappa shape index (κ2) is 7.24. The normalized spacial score (nSPS) is 13.6. The van der Waals surface area contributed by atoms with E-state index in [-0.39, 0.29) is 41.6 Å². The molecule has 0 bridgehead atoms. The summed E-state index contributed by atoms with van der Waals surface area (Å²) in [7, 11) is 1.38. The lowest BCUT2D eigenvalue weighted by molar-refractivity contribution is -0.384. The summed E-state index contributed by atoms with van der Waals surface area (Å²) in [5.41, 5.74) is 0.338. The van der Waals surface area contributed by atoms with E-state index in [0.29, 0.717) is 11.4 Å². The highest BCUT2D eigenvalue weighted by molar-refractivity contribution is 6.20. The fourth-order valence-corrected chi connectivity index (χ4v) is 2.72. The molecular formula is C18H15N3O6. The average molecular weight is 369 g/mol. The second-order valence-electron chi connectivity index (χ2n) is 5.76. The molecule has 3 amide bonds. The number of carbonyl (C=O) groups excluding carboxylic acids is 3. The number of nitrogens with zero attached hydrogens (tertiary/aromatic N) is 2. The molecule has 1 saturated heterocycles. The Kier molecular flexibility index (Phi) is 4.84. The Morgan fingerprint density at radius 1 is 1.11 bits per heavy atom. The van der Waals surface area contributed by atoms with Crippen molar-refractivity contribution in [3.63, 3.8) is 0 Å². The zero-order valence-electron chi connectivity index (χ0n) is 14.3. The van der Waals surface area contributed by atoms with E-state index in [0.717, 1.165) is 4.90 Å². The number of nitrogens with one attached hydrogen (secondary N) is 1. The Morgan fingerprint density at radius 3 is 2.30 bits per heavy atom. The molecule has 0 spiro atoms. The first-order valence-electron chi connectivity index (χ1n) is 8.00. The summed E-state index contributed by atoms with van der Waals surface area (Å²) in [5, 5.41) is 13.7. The Balaban J connectivity index is 1.80. The number of anilines is 2. The maximum Gasteiger partial charge on any atom is 0.296 e. The summed E-state index contributed by atoms with van der Waals surface area (Å²) >= 11 is 0. The Morgan fingerprint density at radius 2 is 1.74 bits per heavy atom. The lowest BCUT2D eigenvalue weighted by atomic mass is 10.1. The zero-order chi connectivity index (χ0) is 19.6. The first-order chi connectivity index (χ1) is 12.9. The van der Waals surface area contributed by atoms with Gasteiger partial charge in [0.05, 0.1) is 23.8 Å². The van der Waals surface area contributed by atoms with Crippen molar-refractivity contribution in [1.82, 2.24) is 0 Å². The van der Waals surface area contributed by atoms with Crippen LogP contribution in [0.4, 0.5) is 17.1 Å². The highest BCUT2D eigenvalue weighted by Gasteiger charge is 2.30. The Labute approximate surface area is 153 Å². The highest BCUT2D eigenvalue weighted by atomic mass is 16.6. The van der Waals surface area contributed by atoms with Gasteiger partial charge in [-0.2, -0.15) is 0 Å². The van der Waals surface area contributed by atoms with E-state index in [1.165, 1.54) is 49.6 Å². The van der Waals surface area contributed by atoms with Gasteiger partial charge in [-0.05, 0) is 36.4 Å². The average Bonchev–Trinajstić information content (AvgIpc) is 3.00. The van der Waals surface area contributed by atoms with Crippen molar-refractivity contribution in [2.75, 3.05) is 17.3 Å². The van der Waals surface area contributed by atoms with Gasteiger partial charge in [0.15, 0.2) is 0 Å². The molecule has 9 heteroatoms. The molecular weight excluding hydrogens is 354 g/mol. The standard InChI is InChI=1S/C18H15N3O6/c1-27-13-6-7-14(15(10-13)21(25)26)19-18(24)11-2-4-12(5-3-11)20-16(22)8-9-17(20)23/h2-7,10H,8-9H2,1H3,(H,19,24). The van der Waals surface area contributed by atoms with E-state index in [1.54, 1.807) is 0 Å². The maximum atomic E-state index is 12.4. The summed E-state index contributed by atoms with van der Waals surface area (Å²) in [5.74, 6) is -0.838. The minimum Gasteiger partial charge on any atom is -0.496 e. The van der Waals surface area contributed by atoms with Crippen LogP contribution in [0.1, 0.15) is 23.2 Å². The fourth-order valence-electron chi connectivity index (χ4n) is 2.72. The molecule has 2 aromatic rings. The van der Waals surface area contributed by atoms with Gasteiger partial charge in [-0.3, -0.25) is 29.4 Å². The number of rotatable bonds is 5. The van der Waals surface area contributed by atoms with Crippen molar-refractivity contribution in [3.05, 3.63) is 58.1 Å². The largest absolute Gasteiger partial charge is 0.496 e. The first kappa shape index (κ1) is 18.1. The van der Waals surface area contributed by atoms with Crippen molar-refractivity contribution in [2.24, 2.45) is 0 Å². The van der Waals surface area contributed by atoms with E-state index in [2.05, 4.69) is 5.32 Å². The molecule has 0 radical (unpaired) electrons. The third-order valence-corrected chi connectivity index (χ3v) is 4.09. The third kappa shape index (κ3) is 3.61. The van der Waals surface area contributed by atoms with E-state index in [4.69, 9.17) is 4.74 Å². The maximum absolute atomic E-state index is 12.4. The smallest absolute Gasteiger partial charge is 0.296 e. The summed E-state index contributed by atoms with van der Waals surface area (Å²) in [4.78, 5) is 47.5. The van der Waals surface area contributed by atoms with Crippen LogP contribution in [0, 0.1) is 10.1 Å². The van der Waals surface area contributed by atoms with Gasteiger partial charge in [0.25, 0.3) is 11.6 Å². The molecule has 1 fully saturated rings. The van der Waals surface area contributed by atoms with Gasteiger partial charge < -0.3 is 10.1 Å². The van der Waals surface area contributed by atoms with E-state index >= 15 is 0 Å². The molecule has 27 heavy (non-hydrogen) atoms. The van der Waals surface area contributed by atoms with Crippen LogP contribution in [0.5, 0.6) is 5.75 Å². The van der Waals surface area contributed by atoms with Crippen molar-refractivity contribution < 1.29 is 24.0 Å². The number of carbonyl (C=O) groups is 3. The quantitative estimate of drug-likeness (QED) is 0.491. The molecule has 0 aliphatic carbocycles. The lowest BCUT2D eigenvalue weighted by Gasteiger charge is -2.14. The molecule has 1 heterocycles. The zero-order valence-corrected chi connectivity index (χ0v) is 14.3. The van der Waals surface area contributed by atoms with E-state index in [9.17, 15) is 24.5 Å². The van der Waals surface area contributed by atoms with Crippen molar-refractivity contribution in [2.45, 2.75) is 12.8 Å². The van der Waals surface area contributed by atoms with Crippen LogP contribution in [0.2, 0.25) is 0 Å². The fraction of sp³-hybridized carbons (Fsp3) is 0.167. The van der Waals surface area contributed by atoms with Gasteiger partial charge in [-0.15, -0.1) is 0 Å². The molecule has 9 nitrogen and oxygen atoms in total. The van der Waals surface area contributed by atoms with Crippen LogP contribution in [-0.2, 0) is 9.59 Å². The summed E-state index contributed by atoms with van der Waals surface area (Å²) in [6.45, 7) is 0. The lowest BCUT2D eigenvalue weighted by Crippen LogP contribution is -2.28. The number of amides is 3. The van der Waals surface area contributed by atoms with Crippen LogP contribution in [0.25, 0.3) is 0 Å². The summed E-state index contributed by atoms with van der Waals surface area (Å²) in [6.07, 6.45) is 0.338. The highest BCUT2D eigenvalue weighted by Crippen LogP contribution is 2.29. The molecule has 0 unspecified atom stereocenters. The molecule has 3 rings (SSSR count). The molecule has 0 aromatic heterocycles. The number of imide groups is 1. The molecule has 1 aliphatic heterocycles. The van der Waals surface area contributed by atoms with Crippen LogP contribution in [0.15, 0.2) is 42.5 Å². The number of methoxy groups -OCH3 is 1. The Bertz CT molecular complexity index is 923. The SMILES string of the molecule is COc1ccc(NC(=O)c2ccc(N3C(=O)CCC3=O)cc2)c([N+](=O)[O-])c1. The van der Waals surface area contributed by atoms with Crippen molar-refractivity contribution in [1.29, 1.82) is 0 Å². The van der Waals surface area contributed by atoms with Gasteiger partial charge in [-0.25, -0.2) is 0 Å². The minimum absolute atomic E-state index is 0.0276. The number of hydrogen-bond acceptors (Lipinski definition) is 6. The number of nitro groups is 1. The first-order valence-corrected chi connectivity index (χ1v) is 8.00. The van der Waals surface area contributed by atoms with Gasteiger partial charge in [0.1, 0.15) is 11.4 Å². The monoisotopic (exact) mass is 369 g/mol. The number of hydrogen-bond donors (Lipinski definition) is 1. The Hall–Kier alpha value is -3.75. The van der Waals surface area contributed by atoms with Crippen LogP contribution >= 0.6 is 0 Å². The van der Waals surface area contributed by atoms with Gasteiger partial charge in [-0.1, -0.05) is 0 Å². The van der Waals surface area contributed by atoms with Crippen LogP contribution in [-0.4, -0.2) is 29.8 Å². The summed E-state index contributed by atoms with van der Waals surface area (Å²) < 4.78 is 4.95. The summed E-state index contributed by atoms with van der Waals surface area (Å²) in [6, 6.07) is 9.94. The van der Waals surface area contributed by atoms with Crippen LogP contribution in [0.3, 0.4) is 0 Å². The third-order valence-electron chi connectivity index (χ3n) is 4.09. The number of nitro benzene ring substituents is 1. The molecule has 2 aromatic carbocycles. The predicted octanol–water partition coefficient (Wildman–Crippen LogP) is 2.51. The molecule has 0 atom stereocenters. The molecule has 138 valence electrons. The van der Waals surface area contributed by atoms with Crippen molar-refractivity contribution >= 4 is 34.8 Å². The van der Waals surface area contributed by atoms with Crippen LogP contribution < -0.4 is 15.0 Å². The number of ether oxygens (including phenoxy) is 1. The van der Waals surface area contributed by atoms with Gasteiger partial charge in [0, 0.05) is 18.4 Å². The molecule has 0 saturated carbocycles. The van der Waals surface area contributed by atoms with E-state index in [1.807, 2.05) is 0 Å². The minimum atomic E-state index is -0.619. The van der Waals surface area contributed by atoms with Gasteiger partial charge in [0.2, 0.25) is 11.8 Å². The topological polar surface area (TPSA) is 119 Å². The second-order valence-corrected chi connectivity index (χ2v) is 5.76. The van der Waals surface area contributed by atoms with Crippen molar-refractivity contribution in [3.8, 4) is 5.75 Å². The predicted molar refractivity (Wildman–Crippen MR) is 95.8 cm³/mol. The number of benzene rings is 2. The van der Waals surface area contributed by atoms with Gasteiger partial charge >= 0.3 is 0 Å². The van der Waals surface area contributed by atoms with E-state index < -0.39 is 10.8 Å². The molecule has 1 aliphatic rings. The molecule has 1 N–H and O–H groups in total.